The van der Waals surface area contributed by atoms with Gasteiger partial charge in [0.05, 0.1) is 60.3 Å². The third kappa shape index (κ3) is 14.5. The Labute approximate surface area is 555 Å². The standard InChI is InChI=1S/C20H17FN4.C19H18N4O2.C18H16N4O2.C17H14N4O2/c1-13-6-7-18(21)17(10-13)19-16-5-3-4-14(2)20(16)25(24-19)12-15-11-22-8-9-23-15;1-13(2)25-15-7-5-6-14(10-15)19-16-8-3-4-9-17(16)23(22-19)11-18-21-20-12-24-18;1-2-23-14-7-5-6-13(10-14)18-15-8-3-4-9-16(15)22(21-18)11-17-20-19-12-24-17;1-22-13-6-4-5-12(9-13)17-14-7-2-3-8-15(14)21(20-17)10-16-19-18-11-23-16/h3-11H,12H2,1-2H3;3-10,12-13H,11H2,1-2H3;3-10,12H,2,11H2,1H3;2-9,11H,10H2,1H3. The second-order valence-corrected chi connectivity index (χ2v) is 22.6. The van der Waals surface area contributed by atoms with Gasteiger partial charge in [0.1, 0.15) is 65.5 Å². The lowest BCUT2D eigenvalue weighted by Gasteiger charge is -2.10. The van der Waals surface area contributed by atoms with Crippen LogP contribution in [0.25, 0.3) is 88.6 Å². The van der Waals surface area contributed by atoms with Crippen molar-refractivity contribution in [3.8, 4) is 62.3 Å². The van der Waals surface area contributed by atoms with E-state index >= 15 is 0 Å². The fraction of sp³-hybridized carbons (Fsp3) is 0.162. The van der Waals surface area contributed by atoms with Crippen LogP contribution in [0.2, 0.25) is 0 Å². The number of ether oxygens (including phenoxy) is 3. The molecule has 0 aliphatic rings. The Bertz CT molecular complexity index is 5260. The molecule has 484 valence electrons. The molecule has 0 radical (unpaired) electrons. The van der Waals surface area contributed by atoms with Crippen LogP contribution in [0.4, 0.5) is 4.39 Å². The van der Waals surface area contributed by atoms with Gasteiger partial charge >= 0.3 is 0 Å². The fourth-order valence-corrected chi connectivity index (χ4v) is 11.3. The molecule has 0 bridgehead atoms. The molecule has 8 aromatic heterocycles. The molecule has 0 fully saturated rings. The summed E-state index contributed by atoms with van der Waals surface area (Å²) in [6.07, 6.45) is 9.13. The van der Waals surface area contributed by atoms with Crippen LogP contribution in [-0.4, -0.2) is 99.5 Å². The Hall–Kier alpha value is -12.5. The summed E-state index contributed by atoms with van der Waals surface area (Å²) in [5.74, 6) is 3.79. The van der Waals surface area contributed by atoms with Gasteiger partial charge < -0.3 is 27.5 Å². The van der Waals surface area contributed by atoms with Gasteiger partial charge in [-0.1, -0.05) is 121 Å². The maximum atomic E-state index is 14.4. The number of aryl methyl sites for hydroxylation is 2. The number of hydrogen-bond acceptors (Lipinski definition) is 18. The lowest BCUT2D eigenvalue weighted by Crippen LogP contribution is -2.05. The molecule has 97 heavy (non-hydrogen) atoms. The maximum absolute atomic E-state index is 14.4. The second-order valence-electron chi connectivity index (χ2n) is 22.6. The van der Waals surface area contributed by atoms with E-state index in [1.165, 1.54) is 25.2 Å². The first-order valence-corrected chi connectivity index (χ1v) is 31.3. The van der Waals surface area contributed by atoms with Gasteiger partial charge in [0.25, 0.3) is 0 Å². The third-order valence-corrected chi connectivity index (χ3v) is 15.6. The number of aromatic nitrogens is 16. The third-order valence-electron chi connectivity index (χ3n) is 15.6. The Balaban J connectivity index is 0.000000117. The van der Waals surface area contributed by atoms with Gasteiger partial charge in [-0.15, -0.1) is 30.6 Å². The van der Waals surface area contributed by atoms with Crippen LogP contribution in [-0.2, 0) is 26.2 Å². The molecular weight excluding hydrogens is 1230 g/mol. The Kier molecular flexibility index (Phi) is 19.0. The second kappa shape index (κ2) is 29.2. The van der Waals surface area contributed by atoms with Gasteiger partial charge in [0, 0.05) is 56.2 Å². The number of halogens is 1. The highest BCUT2D eigenvalue weighted by Crippen LogP contribution is 2.36. The van der Waals surface area contributed by atoms with Gasteiger partial charge in [-0.05, 0) is 107 Å². The largest absolute Gasteiger partial charge is 0.497 e. The van der Waals surface area contributed by atoms with Crippen molar-refractivity contribution >= 4 is 43.6 Å². The van der Waals surface area contributed by atoms with E-state index in [0.29, 0.717) is 61.7 Å². The van der Waals surface area contributed by atoms with Crippen molar-refractivity contribution in [3.63, 3.8) is 0 Å². The smallest absolute Gasteiger partial charge is 0.237 e. The van der Waals surface area contributed by atoms with E-state index < -0.39 is 0 Å². The van der Waals surface area contributed by atoms with Crippen molar-refractivity contribution < 1.29 is 31.9 Å². The first-order chi connectivity index (χ1) is 47.5. The lowest BCUT2D eigenvalue weighted by molar-refractivity contribution is 0.242. The van der Waals surface area contributed by atoms with E-state index in [9.17, 15) is 4.39 Å². The molecule has 0 aliphatic carbocycles. The maximum Gasteiger partial charge on any atom is 0.237 e. The first-order valence-electron chi connectivity index (χ1n) is 31.3. The van der Waals surface area contributed by atoms with Crippen molar-refractivity contribution in [1.29, 1.82) is 0 Å². The summed E-state index contributed by atoms with van der Waals surface area (Å²) >= 11 is 0. The molecule has 0 aliphatic heterocycles. The SMILES string of the molecule is CC(C)Oc1cccc(-c2nn(Cc3nnco3)c3ccccc23)c1.CCOc1cccc(-c2nn(Cc3nnco3)c3ccccc23)c1.COc1cccc(-c2nn(Cc3nnco3)c3ccccc23)c1.Cc1ccc(F)c(-c2nn(Cc3cnccn3)c3c(C)cccc23)c1. The van der Waals surface area contributed by atoms with Crippen molar-refractivity contribution in [2.24, 2.45) is 0 Å². The monoisotopic (exact) mass is 1290 g/mol. The minimum absolute atomic E-state index is 0.127. The number of hydrogen-bond donors (Lipinski definition) is 0. The van der Waals surface area contributed by atoms with Crippen LogP contribution in [0, 0.1) is 19.7 Å². The summed E-state index contributed by atoms with van der Waals surface area (Å²) in [5.41, 5.74) is 13.9. The predicted octanol–water partition coefficient (Wildman–Crippen LogP) is 14.9. The summed E-state index contributed by atoms with van der Waals surface area (Å²) in [6, 6.07) is 59.3. The van der Waals surface area contributed by atoms with Crippen LogP contribution in [0.15, 0.2) is 233 Å². The van der Waals surface area contributed by atoms with Gasteiger partial charge in [-0.25, -0.2) is 4.39 Å². The van der Waals surface area contributed by atoms with Crippen LogP contribution in [0.1, 0.15) is 55.3 Å². The van der Waals surface area contributed by atoms with Crippen molar-refractivity contribution in [1.82, 2.24) is 79.7 Å². The molecule has 0 saturated heterocycles. The molecule has 16 rings (SSSR count). The summed E-state index contributed by atoms with van der Waals surface area (Å²) in [4.78, 5) is 8.44. The first kappa shape index (κ1) is 63.2. The Morgan fingerprint density at radius 1 is 0.474 bits per heavy atom. The molecule has 0 unspecified atom stereocenters. The minimum atomic E-state index is -0.266. The summed E-state index contributed by atoms with van der Waals surface area (Å²) in [7, 11) is 1.66. The molecule has 0 spiro atoms. The van der Waals surface area contributed by atoms with Crippen molar-refractivity contribution in [2.45, 2.75) is 66.9 Å². The number of benzene rings is 8. The number of methoxy groups -OCH3 is 1. The van der Waals surface area contributed by atoms with E-state index in [4.69, 9.17) is 47.9 Å². The molecule has 8 heterocycles. The van der Waals surface area contributed by atoms with Crippen molar-refractivity contribution in [2.75, 3.05) is 13.7 Å². The Morgan fingerprint density at radius 3 is 1.43 bits per heavy atom. The number of rotatable bonds is 17. The topological polar surface area (TPSA) is 242 Å². The van der Waals surface area contributed by atoms with Crippen molar-refractivity contribution in [3.05, 3.63) is 260 Å². The average Bonchev–Trinajstić information content (AvgIpc) is 1.67. The van der Waals surface area contributed by atoms with Gasteiger partial charge in [-0.2, -0.15) is 20.4 Å². The summed E-state index contributed by atoms with van der Waals surface area (Å²) in [6.45, 7) is 12.4. The van der Waals surface area contributed by atoms with E-state index in [1.54, 1.807) is 31.8 Å². The van der Waals surface area contributed by atoms with Crippen LogP contribution in [0.5, 0.6) is 17.2 Å². The summed E-state index contributed by atoms with van der Waals surface area (Å²) < 4.78 is 54.4. The molecular formula is C74H65FN16O6. The van der Waals surface area contributed by atoms with Gasteiger partial charge in [-0.3, -0.25) is 28.7 Å². The van der Waals surface area contributed by atoms with Crippen LogP contribution in [0.3, 0.4) is 0 Å². The highest BCUT2D eigenvalue weighted by atomic mass is 19.1. The number of fused-ring (bicyclic) bond motifs is 4. The highest BCUT2D eigenvalue weighted by molar-refractivity contribution is 5.97. The van der Waals surface area contributed by atoms with E-state index in [-0.39, 0.29) is 11.9 Å². The molecule has 16 aromatic rings. The molecule has 0 atom stereocenters. The van der Waals surface area contributed by atoms with Gasteiger partial charge in [0.15, 0.2) is 0 Å². The van der Waals surface area contributed by atoms with Crippen LogP contribution >= 0.6 is 0 Å². The lowest BCUT2D eigenvalue weighted by atomic mass is 10.0. The molecule has 0 saturated carbocycles. The zero-order valence-corrected chi connectivity index (χ0v) is 53.9. The molecule has 0 N–H and O–H groups in total. The fourth-order valence-electron chi connectivity index (χ4n) is 11.3. The van der Waals surface area contributed by atoms with Crippen LogP contribution < -0.4 is 14.2 Å². The zero-order valence-electron chi connectivity index (χ0n) is 53.9. The molecule has 22 nitrogen and oxygen atoms in total. The quantitative estimate of drug-likeness (QED) is 0.0823. The molecule has 23 heteroatoms. The van der Waals surface area contributed by atoms with E-state index in [0.717, 1.165) is 111 Å². The summed E-state index contributed by atoms with van der Waals surface area (Å²) in [5, 5.41) is 46.2. The average molecular weight is 1290 g/mol. The van der Waals surface area contributed by atoms with E-state index in [2.05, 4.69) is 58.8 Å². The predicted molar refractivity (Wildman–Crippen MR) is 365 cm³/mol. The Morgan fingerprint density at radius 2 is 0.948 bits per heavy atom. The highest BCUT2D eigenvalue weighted by Gasteiger charge is 2.20. The minimum Gasteiger partial charge on any atom is -0.497 e. The normalized spacial score (nSPS) is 11.1. The molecule has 0 amide bonds. The van der Waals surface area contributed by atoms with E-state index in [1.807, 2.05) is 205 Å². The number of nitrogens with zero attached hydrogens (tertiary/aromatic N) is 16. The van der Waals surface area contributed by atoms with Gasteiger partial charge in [0.2, 0.25) is 36.9 Å². The molecule has 8 aromatic carbocycles. The zero-order chi connectivity index (χ0) is 66.6. The number of para-hydroxylation sites is 4.